The van der Waals surface area contributed by atoms with Crippen molar-refractivity contribution >= 4 is 12.3 Å². The molecule has 2 heterocycles. The highest BCUT2D eigenvalue weighted by Crippen LogP contribution is 2.15. The Balaban J connectivity index is 1.95. The van der Waals surface area contributed by atoms with E-state index < -0.39 is 0 Å². The summed E-state index contributed by atoms with van der Waals surface area (Å²) in [6.07, 6.45) is 2.57. The Bertz CT molecular complexity index is 263. The van der Waals surface area contributed by atoms with Gasteiger partial charge in [0.15, 0.2) is 5.88 Å². The maximum atomic E-state index is 10.4. The lowest BCUT2D eigenvalue weighted by atomic mass is 10.3. The summed E-state index contributed by atoms with van der Waals surface area (Å²) < 4.78 is 5.26. The second-order valence-corrected chi connectivity index (χ2v) is 3.08. The van der Waals surface area contributed by atoms with Crippen molar-refractivity contribution in [2.45, 2.75) is 0 Å². The summed E-state index contributed by atoms with van der Waals surface area (Å²) in [4.78, 5) is 14.4. The maximum absolute atomic E-state index is 10.4. The molecule has 70 valence electrons. The number of furan rings is 1. The third-order valence-electron chi connectivity index (χ3n) is 2.28. The SMILES string of the molecule is O=CN1CCN(c2ccco2)CC1. The molecule has 1 fully saturated rings. The highest BCUT2D eigenvalue weighted by Gasteiger charge is 2.16. The molecule has 1 amide bonds. The number of hydrogen-bond donors (Lipinski definition) is 0. The Morgan fingerprint density at radius 1 is 1.31 bits per heavy atom. The van der Waals surface area contributed by atoms with Gasteiger partial charge in [-0.25, -0.2) is 0 Å². The largest absolute Gasteiger partial charge is 0.449 e. The number of anilines is 1. The van der Waals surface area contributed by atoms with E-state index in [2.05, 4.69) is 4.90 Å². The van der Waals surface area contributed by atoms with Crippen LogP contribution in [0.25, 0.3) is 0 Å². The standard InChI is InChI=1S/C9H12N2O2/c12-8-10-3-5-11(6-4-10)9-2-1-7-13-9/h1-2,7-8H,3-6H2. The number of carbonyl (C=O) groups excluding carboxylic acids is 1. The molecule has 0 bridgehead atoms. The van der Waals surface area contributed by atoms with E-state index in [4.69, 9.17) is 4.42 Å². The average molecular weight is 180 g/mol. The summed E-state index contributed by atoms with van der Waals surface area (Å²) in [5.74, 6) is 0.894. The maximum Gasteiger partial charge on any atom is 0.209 e. The molecule has 1 aromatic heterocycles. The molecule has 13 heavy (non-hydrogen) atoms. The Labute approximate surface area is 76.7 Å². The van der Waals surface area contributed by atoms with Crippen LogP contribution in [0.2, 0.25) is 0 Å². The van der Waals surface area contributed by atoms with Crippen LogP contribution >= 0.6 is 0 Å². The van der Waals surface area contributed by atoms with Crippen LogP contribution in [0.1, 0.15) is 0 Å². The van der Waals surface area contributed by atoms with Gasteiger partial charge in [-0.15, -0.1) is 0 Å². The lowest BCUT2D eigenvalue weighted by molar-refractivity contribution is -0.118. The molecule has 1 aliphatic rings. The quantitative estimate of drug-likeness (QED) is 0.624. The summed E-state index contributed by atoms with van der Waals surface area (Å²) in [6, 6.07) is 3.82. The zero-order valence-corrected chi connectivity index (χ0v) is 7.35. The Morgan fingerprint density at radius 2 is 2.08 bits per heavy atom. The summed E-state index contributed by atoms with van der Waals surface area (Å²) in [5.41, 5.74) is 0. The first-order valence-corrected chi connectivity index (χ1v) is 4.38. The van der Waals surface area contributed by atoms with Crippen LogP contribution in [-0.2, 0) is 4.79 Å². The van der Waals surface area contributed by atoms with E-state index in [9.17, 15) is 4.79 Å². The lowest BCUT2D eigenvalue weighted by Crippen LogP contribution is -2.45. The normalized spacial score (nSPS) is 17.5. The van der Waals surface area contributed by atoms with Crippen LogP contribution in [-0.4, -0.2) is 37.5 Å². The fourth-order valence-corrected chi connectivity index (χ4v) is 1.50. The van der Waals surface area contributed by atoms with Crippen molar-refractivity contribution < 1.29 is 9.21 Å². The molecule has 0 radical (unpaired) electrons. The van der Waals surface area contributed by atoms with Crippen molar-refractivity contribution in [3.63, 3.8) is 0 Å². The lowest BCUT2D eigenvalue weighted by Gasteiger charge is -2.32. The topological polar surface area (TPSA) is 36.7 Å². The number of carbonyl (C=O) groups is 1. The molecular formula is C9H12N2O2. The molecule has 1 aromatic rings. The third-order valence-corrected chi connectivity index (χ3v) is 2.28. The van der Waals surface area contributed by atoms with E-state index >= 15 is 0 Å². The van der Waals surface area contributed by atoms with E-state index in [-0.39, 0.29) is 0 Å². The van der Waals surface area contributed by atoms with E-state index in [1.165, 1.54) is 0 Å². The predicted octanol–water partition coefficient (Wildman–Crippen LogP) is 0.558. The van der Waals surface area contributed by atoms with Crippen molar-refractivity contribution in [1.82, 2.24) is 4.90 Å². The third kappa shape index (κ3) is 1.66. The van der Waals surface area contributed by atoms with Gasteiger partial charge in [-0.2, -0.15) is 0 Å². The summed E-state index contributed by atoms with van der Waals surface area (Å²) in [7, 11) is 0. The number of nitrogens with zero attached hydrogens (tertiary/aromatic N) is 2. The first-order valence-electron chi connectivity index (χ1n) is 4.38. The van der Waals surface area contributed by atoms with Gasteiger partial charge in [0.1, 0.15) is 0 Å². The molecule has 1 saturated heterocycles. The molecule has 0 atom stereocenters. The molecule has 4 heteroatoms. The first-order chi connectivity index (χ1) is 6.40. The van der Waals surface area contributed by atoms with Crippen molar-refractivity contribution in [2.75, 3.05) is 31.1 Å². The van der Waals surface area contributed by atoms with Crippen LogP contribution in [0.3, 0.4) is 0 Å². The Kier molecular flexibility index (Phi) is 2.21. The molecule has 0 spiro atoms. The van der Waals surface area contributed by atoms with Gasteiger partial charge in [-0.05, 0) is 6.07 Å². The summed E-state index contributed by atoms with van der Waals surface area (Å²) in [5, 5.41) is 0. The minimum atomic E-state index is 0.782. The van der Waals surface area contributed by atoms with Gasteiger partial charge < -0.3 is 14.2 Å². The van der Waals surface area contributed by atoms with E-state index in [0.29, 0.717) is 0 Å². The monoisotopic (exact) mass is 180 g/mol. The fourth-order valence-electron chi connectivity index (χ4n) is 1.50. The minimum absolute atomic E-state index is 0.782. The Morgan fingerprint density at radius 3 is 2.62 bits per heavy atom. The predicted molar refractivity (Wildman–Crippen MR) is 48.6 cm³/mol. The summed E-state index contributed by atoms with van der Waals surface area (Å²) >= 11 is 0. The minimum Gasteiger partial charge on any atom is -0.449 e. The zero-order valence-electron chi connectivity index (χ0n) is 7.35. The summed E-state index contributed by atoms with van der Waals surface area (Å²) in [6.45, 7) is 3.27. The molecule has 0 aliphatic carbocycles. The second kappa shape index (κ2) is 3.51. The van der Waals surface area contributed by atoms with Crippen LogP contribution in [0.4, 0.5) is 5.88 Å². The van der Waals surface area contributed by atoms with Crippen molar-refractivity contribution in [2.24, 2.45) is 0 Å². The first kappa shape index (κ1) is 8.16. The van der Waals surface area contributed by atoms with Crippen molar-refractivity contribution in [3.05, 3.63) is 18.4 Å². The van der Waals surface area contributed by atoms with E-state index in [1.54, 1.807) is 11.2 Å². The van der Waals surface area contributed by atoms with Crippen molar-refractivity contribution in [3.8, 4) is 0 Å². The van der Waals surface area contributed by atoms with Gasteiger partial charge in [0.25, 0.3) is 0 Å². The highest BCUT2D eigenvalue weighted by molar-refractivity contribution is 5.48. The van der Waals surface area contributed by atoms with Gasteiger partial charge in [-0.3, -0.25) is 4.79 Å². The van der Waals surface area contributed by atoms with E-state index in [1.807, 2.05) is 12.1 Å². The van der Waals surface area contributed by atoms with Crippen molar-refractivity contribution in [1.29, 1.82) is 0 Å². The Hall–Kier alpha value is -1.45. The average Bonchev–Trinajstić information content (AvgIpc) is 2.71. The van der Waals surface area contributed by atoms with Crippen LogP contribution in [0, 0.1) is 0 Å². The molecule has 0 N–H and O–H groups in total. The zero-order chi connectivity index (χ0) is 9.10. The number of rotatable bonds is 2. The molecule has 0 unspecified atom stereocenters. The molecule has 0 aromatic carbocycles. The molecule has 1 aliphatic heterocycles. The van der Waals surface area contributed by atoms with Gasteiger partial charge in [0.2, 0.25) is 6.41 Å². The smallest absolute Gasteiger partial charge is 0.209 e. The fraction of sp³-hybridized carbons (Fsp3) is 0.444. The molecule has 0 saturated carbocycles. The van der Waals surface area contributed by atoms with Gasteiger partial charge in [0.05, 0.1) is 6.26 Å². The second-order valence-electron chi connectivity index (χ2n) is 3.08. The van der Waals surface area contributed by atoms with Gasteiger partial charge >= 0.3 is 0 Å². The molecule has 2 rings (SSSR count). The van der Waals surface area contributed by atoms with Crippen LogP contribution in [0.5, 0.6) is 0 Å². The molecular weight excluding hydrogens is 168 g/mol. The highest BCUT2D eigenvalue weighted by atomic mass is 16.3. The van der Waals surface area contributed by atoms with E-state index in [0.717, 1.165) is 38.5 Å². The van der Waals surface area contributed by atoms with Gasteiger partial charge in [-0.1, -0.05) is 0 Å². The number of piperazine rings is 1. The number of amides is 1. The number of hydrogen-bond acceptors (Lipinski definition) is 3. The van der Waals surface area contributed by atoms with Crippen LogP contribution < -0.4 is 4.90 Å². The van der Waals surface area contributed by atoms with Gasteiger partial charge in [0, 0.05) is 32.2 Å². The van der Waals surface area contributed by atoms with Crippen LogP contribution in [0.15, 0.2) is 22.8 Å². The molecule has 4 nitrogen and oxygen atoms in total.